The second kappa shape index (κ2) is 12.9. The minimum atomic E-state index is 0. The van der Waals surface area contributed by atoms with Crippen molar-refractivity contribution in [2.24, 2.45) is 10.9 Å². The Morgan fingerprint density at radius 2 is 1.86 bits per heavy atom. The Kier molecular flexibility index (Phi) is 11.4. The number of nitrogens with zero attached hydrogens (tertiary/aromatic N) is 3. The summed E-state index contributed by atoms with van der Waals surface area (Å²) in [5.74, 6) is 1.33. The highest BCUT2D eigenvalue weighted by atomic mass is 127. The van der Waals surface area contributed by atoms with Gasteiger partial charge in [-0.25, -0.2) is 0 Å². The molecule has 1 aromatic rings. The number of aliphatic imine (C=N–C) groups is 1. The minimum Gasteiger partial charge on any atom is -0.379 e. The van der Waals surface area contributed by atoms with Crippen LogP contribution in [0.5, 0.6) is 0 Å². The zero-order chi connectivity index (χ0) is 19.6. The molecule has 0 bridgehead atoms. The Hall–Kier alpha value is -1.39. The summed E-state index contributed by atoms with van der Waals surface area (Å²) in [4.78, 5) is 20.2. The van der Waals surface area contributed by atoms with Crippen LogP contribution < -0.4 is 10.6 Å². The van der Waals surface area contributed by atoms with Gasteiger partial charge in [-0.1, -0.05) is 19.1 Å². The highest BCUT2D eigenvalue weighted by Crippen LogP contribution is 2.06. The van der Waals surface area contributed by atoms with Gasteiger partial charge in [-0.05, 0) is 23.6 Å². The van der Waals surface area contributed by atoms with E-state index in [4.69, 9.17) is 4.74 Å². The average molecular weight is 503 g/mol. The molecule has 8 heteroatoms. The zero-order valence-corrected chi connectivity index (χ0v) is 19.7. The Morgan fingerprint density at radius 3 is 2.43 bits per heavy atom. The van der Waals surface area contributed by atoms with E-state index >= 15 is 0 Å². The molecule has 1 amide bonds. The van der Waals surface area contributed by atoms with Crippen LogP contribution in [0.1, 0.15) is 22.8 Å². The van der Waals surface area contributed by atoms with Crippen LogP contribution in [0.3, 0.4) is 0 Å². The predicted molar refractivity (Wildman–Crippen MR) is 124 cm³/mol. The topological polar surface area (TPSA) is 69.2 Å². The van der Waals surface area contributed by atoms with E-state index in [0.717, 1.165) is 50.9 Å². The van der Waals surface area contributed by atoms with Gasteiger partial charge in [0.25, 0.3) is 5.91 Å². The van der Waals surface area contributed by atoms with Crippen LogP contribution in [0.15, 0.2) is 29.3 Å². The number of ether oxygens (including phenoxy) is 1. The summed E-state index contributed by atoms with van der Waals surface area (Å²) < 4.78 is 5.40. The summed E-state index contributed by atoms with van der Waals surface area (Å²) in [5, 5.41) is 6.72. The third kappa shape index (κ3) is 8.32. The molecule has 7 nitrogen and oxygen atoms in total. The summed E-state index contributed by atoms with van der Waals surface area (Å²) in [6.07, 6.45) is 0. The molecule has 0 aromatic heterocycles. The van der Waals surface area contributed by atoms with E-state index in [1.807, 2.05) is 24.3 Å². The number of carbonyl (C=O) groups excluding carboxylic acids is 1. The van der Waals surface area contributed by atoms with Crippen LogP contribution >= 0.6 is 24.0 Å². The molecular weight excluding hydrogens is 469 g/mol. The quantitative estimate of drug-likeness (QED) is 0.337. The SMILES string of the molecule is CN=C(NCc1ccc(C(=O)N(C)C)cc1)NCC(C)CN1CCOCC1.I. The lowest BCUT2D eigenvalue weighted by molar-refractivity contribution is 0.0320. The number of nitrogens with one attached hydrogen (secondary N) is 2. The second-order valence-corrected chi connectivity index (χ2v) is 7.22. The molecule has 0 radical (unpaired) electrons. The van der Waals surface area contributed by atoms with Gasteiger partial charge < -0.3 is 20.3 Å². The van der Waals surface area contributed by atoms with Crippen LogP contribution in [-0.2, 0) is 11.3 Å². The van der Waals surface area contributed by atoms with Gasteiger partial charge in [-0.3, -0.25) is 14.7 Å². The molecule has 2 rings (SSSR count). The molecule has 158 valence electrons. The molecule has 1 heterocycles. The van der Waals surface area contributed by atoms with E-state index in [-0.39, 0.29) is 29.9 Å². The first-order valence-corrected chi connectivity index (χ1v) is 9.54. The van der Waals surface area contributed by atoms with Crippen molar-refractivity contribution in [3.05, 3.63) is 35.4 Å². The van der Waals surface area contributed by atoms with E-state index in [1.165, 1.54) is 0 Å². The number of hydrogen-bond donors (Lipinski definition) is 2. The Bertz CT molecular complexity index is 616. The van der Waals surface area contributed by atoms with Crippen molar-refractivity contribution in [1.82, 2.24) is 20.4 Å². The van der Waals surface area contributed by atoms with Crippen LogP contribution in [0.4, 0.5) is 0 Å². The Labute approximate surface area is 185 Å². The summed E-state index contributed by atoms with van der Waals surface area (Å²) in [6.45, 7) is 8.55. The zero-order valence-electron chi connectivity index (χ0n) is 17.4. The van der Waals surface area contributed by atoms with Crippen molar-refractivity contribution in [3.8, 4) is 0 Å². The van der Waals surface area contributed by atoms with E-state index < -0.39 is 0 Å². The number of carbonyl (C=O) groups is 1. The first-order chi connectivity index (χ1) is 13.0. The van der Waals surface area contributed by atoms with Gasteiger partial charge >= 0.3 is 0 Å². The molecule has 2 N–H and O–H groups in total. The molecule has 1 unspecified atom stereocenters. The smallest absolute Gasteiger partial charge is 0.253 e. The van der Waals surface area contributed by atoms with E-state index in [2.05, 4.69) is 27.4 Å². The number of rotatable bonds is 7. The van der Waals surface area contributed by atoms with Crippen LogP contribution in [-0.4, -0.2) is 82.2 Å². The number of hydrogen-bond acceptors (Lipinski definition) is 4. The van der Waals surface area contributed by atoms with Crippen LogP contribution in [0, 0.1) is 5.92 Å². The third-order valence-corrected chi connectivity index (χ3v) is 4.58. The maximum atomic E-state index is 11.9. The number of morpholine rings is 1. The van der Waals surface area contributed by atoms with Gasteiger partial charge in [0, 0.05) is 59.4 Å². The predicted octanol–water partition coefficient (Wildman–Crippen LogP) is 1.64. The van der Waals surface area contributed by atoms with E-state index in [1.54, 1.807) is 26.0 Å². The van der Waals surface area contributed by atoms with Crippen LogP contribution in [0.25, 0.3) is 0 Å². The molecule has 1 atom stereocenters. The monoisotopic (exact) mass is 503 g/mol. The maximum Gasteiger partial charge on any atom is 0.253 e. The first kappa shape index (κ1) is 24.6. The molecule has 0 aliphatic carbocycles. The van der Waals surface area contributed by atoms with Crippen LogP contribution in [0.2, 0.25) is 0 Å². The molecule has 0 spiro atoms. The first-order valence-electron chi connectivity index (χ1n) is 9.54. The van der Waals surface area contributed by atoms with Gasteiger partial charge in [0.15, 0.2) is 5.96 Å². The summed E-state index contributed by atoms with van der Waals surface area (Å²) in [7, 11) is 5.29. The highest BCUT2D eigenvalue weighted by Gasteiger charge is 2.14. The molecule has 28 heavy (non-hydrogen) atoms. The lowest BCUT2D eigenvalue weighted by Gasteiger charge is -2.29. The number of guanidine groups is 1. The normalized spacial score (nSPS) is 16.1. The van der Waals surface area contributed by atoms with Gasteiger partial charge in [0.1, 0.15) is 0 Å². The van der Waals surface area contributed by atoms with Crippen molar-refractivity contribution < 1.29 is 9.53 Å². The molecule has 1 fully saturated rings. The molecule has 1 aromatic carbocycles. The Morgan fingerprint density at radius 1 is 1.21 bits per heavy atom. The van der Waals surface area contributed by atoms with Gasteiger partial charge in [0.05, 0.1) is 13.2 Å². The van der Waals surface area contributed by atoms with Crippen molar-refractivity contribution in [3.63, 3.8) is 0 Å². The molecular formula is C20H34IN5O2. The van der Waals surface area contributed by atoms with E-state index in [0.29, 0.717) is 18.0 Å². The standard InChI is InChI=1S/C20H33N5O2.HI/c1-16(15-25-9-11-27-12-10-25)13-22-20(21-2)23-14-17-5-7-18(8-6-17)19(26)24(3)4;/h5-8,16H,9-15H2,1-4H3,(H2,21,22,23);1H. The largest absolute Gasteiger partial charge is 0.379 e. The van der Waals surface area contributed by atoms with Gasteiger partial charge in [-0.2, -0.15) is 0 Å². The minimum absolute atomic E-state index is 0. The fraction of sp³-hybridized carbons (Fsp3) is 0.600. The molecule has 1 aliphatic rings. The number of amides is 1. The fourth-order valence-electron chi connectivity index (χ4n) is 2.99. The average Bonchev–Trinajstić information content (AvgIpc) is 2.68. The third-order valence-electron chi connectivity index (χ3n) is 4.58. The highest BCUT2D eigenvalue weighted by molar-refractivity contribution is 14.0. The lowest BCUT2D eigenvalue weighted by Crippen LogP contribution is -2.43. The fourth-order valence-corrected chi connectivity index (χ4v) is 2.99. The lowest BCUT2D eigenvalue weighted by atomic mass is 10.1. The molecule has 0 saturated carbocycles. The number of halogens is 1. The van der Waals surface area contributed by atoms with E-state index in [9.17, 15) is 4.79 Å². The maximum absolute atomic E-state index is 11.9. The summed E-state index contributed by atoms with van der Waals surface area (Å²) in [5.41, 5.74) is 1.80. The van der Waals surface area contributed by atoms with Gasteiger partial charge in [-0.15, -0.1) is 24.0 Å². The second-order valence-electron chi connectivity index (χ2n) is 7.22. The van der Waals surface area contributed by atoms with Crippen molar-refractivity contribution in [2.45, 2.75) is 13.5 Å². The molecule has 1 saturated heterocycles. The number of benzene rings is 1. The van der Waals surface area contributed by atoms with Crippen molar-refractivity contribution in [2.75, 3.05) is 60.5 Å². The molecule has 1 aliphatic heterocycles. The van der Waals surface area contributed by atoms with Crippen molar-refractivity contribution in [1.29, 1.82) is 0 Å². The summed E-state index contributed by atoms with van der Waals surface area (Å²) >= 11 is 0. The van der Waals surface area contributed by atoms with Crippen molar-refractivity contribution >= 4 is 35.8 Å². The summed E-state index contributed by atoms with van der Waals surface area (Å²) in [6, 6.07) is 7.66. The van der Waals surface area contributed by atoms with Gasteiger partial charge in [0.2, 0.25) is 0 Å². The Balaban J connectivity index is 0.00000392.